The highest BCUT2D eigenvalue weighted by Crippen LogP contribution is 2.45. The van der Waals surface area contributed by atoms with E-state index in [4.69, 9.17) is 0 Å². The van der Waals surface area contributed by atoms with Crippen LogP contribution in [-0.2, 0) is 11.2 Å². The molecule has 1 amide bonds. The standard InChI is InChI=1S/C18H23NO3/c1-2-18(9-3-4-10-18)19(12-20)16-8-7-13-5-6-14(17(21)22)11-15(13)16/h5-6,11-12,16H,2-4,7-10H2,1H3,(H,21,22)/t16-/m1/s1. The van der Waals surface area contributed by atoms with Gasteiger partial charge in [-0.25, -0.2) is 4.79 Å². The summed E-state index contributed by atoms with van der Waals surface area (Å²) in [7, 11) is 0. The smallest absolute Gasteiger partial charge is 0.335 e. The molecule has 3 rings (SSSR count). The summed E-state index contributed by atoms with van der Waals surface area (Å²) in [6.45, 7) is 2.16. The van der Waals surface area contributed by atoms with E-state index in [0.717, 1.165) is 44.1 Å². The molecular weight excluding hydrogens is 278 g/mol. The van der Waals surface area contributed by atoms with Crippen molar-refractivity contribution in [1.82, 2.24) is 4.90 Å². The Balaban J connectivity index is 1.98. The molecule has 22 heavy (non-hydrogen) atoms. The number of hydrogen-bond acceptors (Lipinski definition) is 2. The highest BCUT2D eigenvalue weighted by Gasteiger charge is 2.42. The minimum Gasteiger partial charge on any atom is -0.478 e. The summed E-state index contributed by atoms with van der Waals surface area (Å²) in [6, 6.07) is 5.38. The average molecular weight is 301 g/mol. The van der Waals surface area contributed by atoms with Crippen LogP contribution in [0, 0.1) is 0 Å². The van der Waals surface area contributed by atoms with Crippen LogP contribution < -0.4 is 0 Å². The number of hydrogen-bond donors (Lipinski definition) is 1. The molecule has 0 aromatic heterocycles. The van der Waals surface area contributed by atoms with Crippen LogP contribution in [0.5, 0.6) is 0 Å². The van der Waals surface area contributed by atoms with Crippen LogP contribution in [0.25, 0.3) is 0 Å². The second-order valence-electron chi connectivity index (χ2n) is 6.57. The third-order valence-electron chi connectivity index (χ3n) is 5.63. The van der Waals surface area contributed by atoms with E-state index < -0.39 is 5.97 Å². The summed E-state index contributed by atoms with van der Waals surface area (Å²) in [6.07, 6.45) is 8.26. The second kappa shape index (κ2) is 5.75. The van der Waals surface area contributed by atoms with Crippen molar-refractivity contribution >= 4 is 12.4 Å². The molecule has 1 aromatic rings. The molecule has 0 heterocycles. The highest BCUT2D eigenvalue weighted by atomic mass is 16.4. The fourth-order valence-corrected chi connectivity index (χ4v) is 4.35. The summed E-state index contributed by atoms with van der Waals surface area (Å²) in [4.78, 5) is 25.1. The van der Waals surface area contributed by atoms with Gasteiger partial charge in [-0.3, -0.25) is 4.79 Å². The quantitative estimate of drug-likeness (QED) is 0.846. The number of carbonyl (C=O) groups excluding carboxylic acids is 1. The number of carboxylic acids is 1. The van der Waals surface area contributed by atoms with E-state index in [9.17, 15) is 14.7 Å². The first kappa shape index (κ1) is 15.1. The van der Waals surface area contributed by atoms with Gasteiger partial charge in [-0.1, -0.05) is 25.8 Å². The zero-order chi connectivity index (χ0) is 15.7. The molecule has 1 saturated carbocycles. The number of aryl methyl sites for hydroxylation is 1. The van der Waals surface area contributed by atoms with Crippen LogP contribution >= 0.6 is 0 Å². The van der Waals surface area contributed by atoms with Crippen molar-refractivity contribution in [3.63, 3.8) is 0 Å². The van der Waals surface area contributed by atoms with Crippen molar-refractivity contribution in [3.8, 4) is 0 Å². The van der Waals surface area contributed by atoms with Gasteiger partial charge in [0, 0.05) is 5.54 Å². The predicted molar refractivity (Wildman–Crippen MR) is 83.9 cm³/mol. The lowest BCUT2D eigenvalue weighted by molar-refractivity contribution is -0.127. The van der Waals surface area contributed by atoms with Gasteiger partial charge in [-0.15, -0.1) is 0 Å². The molecule has 0 unspecified atom stereocenters. The molecule has 2 aliphatic rings. The van der Waals surface area contributed by atoms with Crippen LogP contribution in [-0.4, -0.2) is 27.9 Å². The number of rotatable bonds is 5. The summed E-state index contributed by atoms with van der Waals surface area (Å²) < 4.78 is 0. The Morgan fingerprint density at radius 2 is 2.14 bits per heavy atom. The Labute approximate surface area is 131 Å². The topological polar surface area (TPSA) is 57.6 Å². The van der Waals surface area contributed by atoms with Crippen molar-refractivity contribution in [3.05, 3.63) is 34.9 Å². The Kier molecular flexibility index (Phi) is 3.94. The molecule has 1 aromatic carbocycles. The number of nitrogens with zero attached hydrogens (tertiary/aromatic N) is 1. The third kappa shape index (κ3) is 2.31. The van der Waals surface area contributed by atoms with Crippen molar-refractivity contribution in [1.29, 1.82) is 0 Å². The average Bonchev–Trinajstić information content (AvgIpc) is 3.16. The first-order chi connectivity index (χ1) is 10.6. The number of carbonyl (C=O) groups is 2. The largest absolute Gasteiger partial charge is 0.478 e. The summed E-state index contributed by atoms with van der Waals surface area (Å²) in [5, 5.41) is 9.22. The first-order valence-electron chi connectivity index (χ1n) is 8.21. The maximum atomic E-state index is 11.9. The molecule has 0 radical (unpaired) electrons. The SMILES string of the molecule is CCC1(N(C=O)[C@@H]2CCc3ccc(C(=O)O)cc32)CCCC1. The number of benzene rings is 1. The van der Waals surface area contributed by atoms with Gasteiger partial charge in [0.2, 0.25) is 6.41 Å². The van der Waals surface area contributed by atoms with Crippen molar-refractivity contribution < 1.29 is 14.7 Å². The van der Waals surface area contributed by atoms with Crippen molar-refractivity contribution in [2.45, 2.75) is 63.5 Å². The molecule has 0 spiro atoms. The normalized spacial score (nSPS) is 22.3. The lowest BCUT2D eigenvalue weighted by atomic mass is 9.89. The van der Waals surface area contributed by atoms with Crippen LogP contribution in [0.3, 0.4) is 0 Å². The Hall–Kier alpha value is -1.84. The predicted octanol–water partition coefficient (Wildman–Crippen LogP) is 3.55. The molecule has 2 aliphatic carbocycles. The molecule has 1 atom stereocenters. The van der Waals surface area contributed by atoms with Gasteiger partial charge in [-0.2, -0.15) is 0 Å². The van der Waals surface area contributed by atoms with Crippen LogP contribution in [0.2, 0.25) is 0 Å². The lowest BCUT2D eigenvalue weighted by Crippen LogP contribution is -2.47. The van der Waals surface area contributed by atoms with Gasteiger partial charge < -0.3 is 10.0 Å². The van der Waals surface area contributed by atoms with Crippen LogP contribution in [0.15, 0.2) is 18.2 Å². The van der Waals surface area contributed by atoms with Crippen LogP contribution in [0.4, 0.5) is 0 Å². The van der Waals surface area contributed by atoms with Gasteiger partial charge in [-0.05, 0) is 55.4 Å². The van der Waals surface area contributed by atoms with E-state index in [0.29, 0.717) is 5.56 Å². The van der Waals surface area contributed by atoms with E-state index in [1.54, 1.807) is 12.1 Å². The van der Waals surface area contributed by atoms with E-state index >= 15 is 0 Å². The maximum Gasteiger partial charge on any atom is 0.335 e. The van der Waals surface area contributed by atoms with Crippen molar-refractivity contribution in [2.24, 2.45) is 0 Å². The maximum absolute atomic E-state index is 11.9. The zero-order valence-corrected chi connectivity index (χ0v) is 13.0. The van der Waals surface area contributed by atoms with Gasteiger partial charge in [0.15, 0.2) is 0 Å². The minimum atomic E-state index is -0.905. The van der Waals surface area contributed by atoms with E-state index in [1.807, 2.05) is 11.0 Å². The van der Waals surface area contributed by atoms with Gasteiger partial charge >= 0.3 is 5.97 Å². The van der Waals surface area contributed by atoms with Crippen molar-refractivity contribution in [2.75, 3.05) is 0 Å². The lowest BCUT2D eigenvalue weighted by Gasteiger charge is -2.42. The third-order valence-corrected chi connectivity index (χ3v) is 5.63. The molecule has 118 valence electrons. The van der Waals surface area contributed by atoms with Gasteiger partial charge in [0.1, 0.15) is 0 Å². The molecule has 4 heteroatoms. The molecule has 0 saturated heterocycles. The van der Waals surface area contributed by atoms with E-state index in [2.05, 4.69) is 6.92 Å². The number of fused-ring (bicyclic) bond motifs is 1. The summed E-state index contributed by atoms with van der Waals surface area (Å²) in [5.41, 5.74) is 2.50. The van der Waals surface area contributed by atoms with Crippen LogP contribution in [0.1, 0.15) is 73.0 Å². The number of carboxylic acid groups (broad SMARTS) is 1. The molecule has 1 fully saturated rings. The molecule has 1 N–H and O–H groups in total. The fourth-order valence-electron chi connectivity index (χ4n) is 4.35. The van der Waals surface area contributed by atoms with E-state index in [-0.39, 0.29) is 11.6 Å². The molecule has 0 bridgehead atoms. The monoisotopic (exact) mass is 301 g/mol. The fraction of sp³-hybridized carbons (Fsp3) is 0.556. The van der Waals surface area contributed by atoms with Gasteiger partial charge in [0.25, 0.3) is 0 Å². The molecule has 4 nitrogen and oxygen atoms in total. The second-order valence-corrected chi connectivity index (χ2v) is 6.57. The number of amides is 1. The zero-order valence-electron chi connectivity index (χ0n) is 13.0. The Morgan fingerprint density at radius 3 is 2.73 bits per heavy atom. The van der Waals surface area contributed by atoms with E-state index in [1.165, 1.54) is 18.4 Å². The molecular formula is C18H23NO3. The highest BCUT2D eigenvalue weighted by molar-refractivity contribution is 5.88. The number of aromatic carboxylic acids is 1. The minimum absolute atomic E-state index is 0.0323. The van der Waals surface area contributed by atoms with Gasteiger partial charge in [0.05, 0.1) is 11.6 Å². The molecule has 0 aliphatic heterocycles. The Morgan fingerprint density at radius 1 is 1.41 bits per heavy atom. The Bertz CT molecular complexity index is 590. The summed E-state index contributed by atoms with van der Waals surface area (Å²) >= 11 is 0. The first-order valence-corrected chi connectivity index (χ1v) is 8.21. The summed E-state index contributed by atoms with van der Waals surface area (Å²) in [5.74, 6) is -0.905.